The van der Waals surface area contributed by atoms with Gasteiger partial charge in [0.1, 0.15) is 31.0 Å². The van der Waals surface area contributed by atoms with Crippen LogP contribution >= 0.6 is 46.4 Å². The number of carbonyl (C=O) groups is 3. The van der Waals surface area contributed by atoms with E-state index in [1.54, 1.807) is 0 Å². The van der Waals surface area contributed by atoms with Crippen LogP contribution in [0.2, 0.25) is 20.1 Å². The van der Waals surface area contributed by atoms with Gasteiger partial charge < -0.3 is 34.8 Å². The van der Waals surface area contributed by atoms with Gasteiger partial charge in [-0.3, -0.25) is 14.5 Å². The van der Waals surface area contributed by atoms with E-state index in [2.05, 4.69) is 5.32 Å². The summed E-state index contributed by atoms with van der Waals surface area (Å²) in [6, 6.07) is 7.54. The van der Waals surface area contributed by atoms with Gasteiger partial charge >= 0.3 is 6.09 Å². The number of rotatable bonds is 9. The number of aliphatic hydroxyl groups excluding tert-OH is 3. The van der Waals surface area contributed by atoms with Crippen molar-refractivity contribution in [3.8, 4) is 0 Å². The summed E-state index contributed by atoms with van der Waals surface area (Å²) < 4.78 is 16.4. The maximum absolute atomic E-state index is 13.4. The summed E-state index contributed by atoms with van der Waals surface area (Å²) in [4.78, 5) is 39.3. The first-order chi connectivity index (χ1) is 19.1. The van der Waals surface area contributed by atoms with Crippen molar-refractivity contribution in [3.05, 3.63) is 67.1 Å². The molecule has 2 heterocycles. The number of hydrogen-bond donors (Lipinski definition) is 4. The highest BCUT2D eigenvalue weighted by Crippen LogP contribution is 2.46. The Kier molecular flexibility index (Phi) is 10.1. The van der Waals surface area contributed by atoms with Gasteiger partial charge in [0.15, 0.2) is 6.29 Å². The predicted octanol–water partition coefficient (Wildman–Crippen LogP) is 3.04. The van der Waals surface area contributed by atoms with Crippen LogP contribution in [0.5, 0.6) is 0 Å². The Morgan fingerprint density at radius 3 is 2.12 bits per heavy atom. The highest BCUT2D eigenvalue weighted by atomic mass is 35.5. The number of imide groups is 1. The molecule has 0 aromatic heterocycles. The Labute approximate surface area is 248 Å². The lowest BCUT2D eigenvalue weighted by Crippen LogP contribution is -2.65. The van der Waals surface area contributed by atoms with E-state index < -0.39 is 55.2 Å². The van der Waals surface area contributed by atoms with Crippen molar-refractivity contribution in [1.29, 1.82) is 0 Å². The molecule has 5 atom stereocenters. The Balaban J connectivity index is 1.43. The van der Waals surface area contributed by atoms with Gasteiger partial charge in [-0.05, 0) is 12.0 Å². The molecule has 3 amide bonds. The topological polar surface area (TPSA) is 155 Å². The number of nitrogens with one attached hydrogen (secondary N) is 1. The van der Waals surface area contributed by atoms with Gasteiger partial charge in [-0.25, -0.2) is 4.79 Å². The number of alkyl carbamates (subject to hydrolysis) is 1. The van der Waals surface area contributed by atoms with Crippen LogP contribution in [-0.2, 0) is 20.8 Å². The first-order valence-corrected chi connectivity index (χ1v) is 13.5. The molecule has 2 aromatic rings. The fourth-order valence-corrected chi connectivity index (χ4v) is 5.37. The zero-order valence-corrected chi connectivity index (χ0v) is 23.6. The number of benzene rings is 2. The van der Waals surface area contributed by atoms with Gasteiger partial charge in [-0.2, -0.15) is 0 Å². The fourth-order valence-electron chi connectivity index (χ4n) is 4.35. The van der Waals surface area contributed by atoms with E-state index in [4.69, 9.17) is 60.6 Å². The number of hydrogen-bond acceptors (Lipinski definition) is 9. The van der Waals surface area contributed by atoms with Crippen molar-refractivity contribution in [1.82, 2.24) is 10.2 Å². The minimum absolute atomic E-state index is 0.0799. The molecule has 0 bridgehead atoms. The number of carbonyl (C=O) groups excluding carboxylic acids is 3. The molecule has 11 nitrogen and oxygen atoms in total. The Morgan fingerprint density at radius 1 is 0.950 bits per heavy atom. The van der Waals surface area contributed by atoms with E-state index in [0.29, 0.717) is 4.90 Å². The molecule has 0 saturated carbocycles. The number of aliphatic hydroxyl groups is 3. The molecule has 0 radical (unpaired) electrons. The van der Waals surface area contributed by atoms with E-state index in [0.717, 1.165) is 5.56 Å². The molecule has 4 rings (SSSR count). The number of nitrogens with zero attached hydrogens (tertiary/aromatic N) is 1. The third-order valence-corrected chi connectivity index (χ3v) is 8.17. The van der Waals surface area contributed by atoms with Crippen molar-refractivity contribution < 1.29 is 43.9 Å². The first kappa shape index (κ1) is 30.8. The molecular formula is C25H24Cl4N2O9. The minimum atomic E-state index is -1.78. The van der Waals surface area contributed by atoms with E-state index >= 15 is 0 Å². The molecule has 4 N–H and O–H groups in total. The number of amides is 3. The zero-order chi connectivity index (χ0) is 29.1. The maximum Gasteiger partial charge on any atom is 0.407 e. The number of halogens is 4. The average Bonchev–Trinajstić information content (AvgIpc) is 3.21. The second kappa shape index (κ2) is 13.2. The molecule has 1 saturated heterocycles. The van der Waals surface area contributed by atoms with Gasteiger partial charge in [0.25, 0.3) is 11.8 Å². The quantitative estimate of drug-likeness (QED) is 0.141. The highest BCUT2D eigenvalue weighted by molar-refractivity contribution is 6.55. The first-order valence-electron chi connectivity index (χ1n) is 12.0. The van der Waals surface area contributed by atoms with Crippen LogP contribution in [-0.4, -0.2) is 88.5 Å². The highest BCUT2D eigenvalue weighted by Gasteiger charge is 2.54. The molecule has 216 valence electrons. The second-order valence-electron chi connectivity index (χ2n) is 8.90. The minimum Gasteiger partial charge on any atom is -0.445 e. The SMILES string of the molecule is O=C(NCCCOC1O[C@H](CO)[C@@H](O)[C@H](O)[C@H]1N1C(=O)c2c(Cl)c(Cl)c(Cl)c(Cl)c2C1=O)OCc1ccccc1. The molecule has 1 unspecified atom stereocenters. The molecule has 40 heavy (non-hydrogen) atoms. The van der Waals surface area contributed by atoms with E-state index in [9.17, 15) is 29.7 Å². The molecule has 1 fully saturated rings. The van der Waals surface area contributed by atoms with Gasteiger partial charge in [0.2, 0.25) is 0 Å². The van der Waals surface area contributed by atoms with Gasteiger partial charge in [-0.1, -0.05) is 76.7 Å². The summed E-state index contributed by atoms with van der Waals surface area (Å²) in [6.07, 6.45) is -6.64. The average molecular weight is 638 g/mol. The molecule has 2 aliphatic heterocycles. The third-order valence-electron chi connectivity index (χ3n) is 6.36. The normalized spacial score (nSPS) is 24.3. The van der Waals surface area contributed by atoms with Crippen molar-refractivity contribution in [3.63, 3.8) is 0 Å². The predicted molar refractivity (Wildman–Crippen MR) is 144 cm³/mol. The van der Waals surface area contributed by atoms with Crippen LogP contribution in [0.4, 0.5) is 4.79 Å². The molecule has 2 aromatic carbocycles. The molecular weight excluding hydrogens is 614 g/mol. The van der Waals surface area contributed by atoms with Crippen LogP contribution in [0.1, 0.15) is 32.7 Å². The van der Waals surface area contributed by atoms with Crippen LogP contribution in [0, 0.1) is 0 Å². The Hall–Kier alpha value is -2.19. The van der Waals surface area contributed by atoms with Crippen LogP contribution in [0.25, 0.3) is 0 Å². The van der Waals surface area contributed by atoms with Crippen LogP contribution in [0.3, 0.4) is 0 Å². The summed E-state index contributed by atoms with van der Waals surface area (Å²) >= 11 is 24.5. The van der Waals surface area contributed by atoms with E-state index in [1.807, 2.05) is 30.3 Å². The van der Waals surface area contributed by atoms with Crippen LogP contribution in [0.15, 0.2) is 30.3 Å². The molecule has 15 heteroatoms. The lowest BCUT2D eigenvalue weighted by atomic mass is 9.95. The largest absolute Gasteiger partial charge is 0.445 e. The summed E-state index contributed by atoms with van der Waals surface area (Å²) in [6.45, 7) is -0.544. The van der Waals surface area contributed by atoms with Crippen molar-refractivity contribution in [2.75, 3.05) is 19.8 Å². The number of fused-ring (bicyclic) bond motifs is 1. The maximum atomic E-state index is 13.4. The third kappa shape index (κ3) is 6.03. The summed E-state index contributed by atoms with van der Waals surface area (Å²) in [5.41, 5.74) is 0.170. The monoisotopic (exact) mass is 636 g/mol. The number of ether oxygens (including phenoxy) is 3. The molecule has 0 aliphatic carbocycles. The summed E-state index contributed by atoms with van der Waals surface area (Å²) in [5.74, 6) is -1.94. The fraction of sp³-hybridized carbons (Fsp3) is 0.400. The molecule has 2 aliphatic rings. The lowest BCUT2D eigenvalue weighted by molar-refractivity contribution is -0.279. The van der Waals surface area contributed by atoms with Crippen molar-refractivity contribution in [2.45, 2.75) is 43.7 Å². The Bertz CT molecular complexity index is 1240. The zero-order valence-electron chi connectivity index (χ0n) is 20.6. The van der Waals surface area contributed by atoms with Crippen molar-refractivity contribution in [2.24, 2.45) is 0 Å². The lowest BCUT2D eigenvalue weighted by Gasteiger charge is -2.44. The molecule has 0 spiro atoms. The standard InChI is InChI=1S/C25H24Cl4N2O9/c26-15-13-14(16(27)18(29)17(15)28)23(36)31(22(13)35)19-21(34)20(33)12(9-32)40-24(19)38-8-4-7-30-25(37)39-10-11-5-2-1-3-6-11/h1-3,5-6,12,19-21,24,32-34H,4,7-10H2,(H,30,37)/t12-,19-,20-,21-,24?/m1/s1. The van der Waals surface area contributed by atoms with Gasteiger partial charge in [0, 0.05) is 6.54 Å². The van der Waals surface area contributed by atoms with Gasteiger partial charge in [-0.15, -0.1) is 0 Å². The van der Waals surface area contributed by atoms with E-state index in [-0.39, 0.29) is 57.4 Å². The van der Waals surface area contributed by atoms with Crippen molar-refractivity contribution >= 4 is 64.3 Å². The summed E-state index contributed by atoms with van der Waals surface area (Å²) in [5, 5.41) is 32.5. The second-order valence-corrected chi connectivity index (χ2v) is 10.4. The van der Waals surface area contributed by atoms with Crippen LogP contribution < -0.4 is 5.32 Å². The van der Waals surface area contributed by atoms with E-state index in [1.165, 1.54) is 0 Å². The van der Waals surface area contributed by atoms with Gasteiger partial charge in [0.05, 0.1) is 44.4 Å². The Morgan fingerprint density at radius 2 is 1.55 bits per heavy atom. The summed E-state index contributed by atoms with van der Waals surface area (Å²) in [7, 11) is 0. The smallest absolute Gasteiger partial charge is 0.407 e.